The molecule has 3 nitrogen and oxygen atoms in total. The lowest BCUT2D eigenvalue weighted by Crippen LogP contribution is -2.13. The average molecular weight is 273 g/mol. The molecule has 0 bridgehead atoms. The zero-order valence-corrected chi connectivity index (χ0v) is 9.95. The molecule has 0 saturated carbocycles. The summed E-state index contributed by atoms with van der Waals surface area (Å²) in [5, 5.41) is 0. The molecule has 2 N–H and O–H groups in total. The van der Waals surface area contributed by atoms with Crippen LogP contribution in [-0.2, 0) is 6.18 Å². The summed E-state index contributed by atoms with van der Waals surface area (Å²) in [6.45, 7) is 1.68. The van der Waals surface area contributed by atoms with Crippen LogP contribution in [0.4, 0.5) is 17.6 Å². The Hall–Kier alpha value is -1.89. The van der Waals surface area contributed by atoms with Gasteiger partial charge >= 0.3 is 6.18 Å². The number of aromatic nitrogens is 2. The van der Waals surface area contributed by atoms with Gasteiger partial charge in [0.25, 0.3) is 0 Å². The second-order valence-corrected chi connectivity index (χ2v) is 4.14. The summed E-state index contributed by atoms with van der Waals surface area (Å²) >= 11 is 0. The van der Waals surface area contributed by atoms with E-state index in [1.807, 2.05) is 0 Å². The molecular weight excluding hydrogens is 262 g/mol. The fourth-order valence-corrected chi connectivity index (χ4v) is 1.74. The van der Waals surface area contributed by atoms with Crippen LogP contribution in [0.25, 0.3) is 5.69 Å². The number of nitrogens with two attached hydrogens (primary N) is 1. The molecule has 0 fully saturated rings. The molecule has 0 saturated heterocycles. The molecule has 1 aromatic heterocycles. The Morgan fingerprint density at radius 2 is 2.00 bits per heavy atom. The fourth-order valence-electron chi connectivity index (χ4n) is 1.74. The van der Waals surface area contributed by atoms with Crippen molar-refractivity contribution >= 4 is 0 Å². The van der Waals surface area contributed by atoms with Crippen molar-refractivity contribution in [2.45, 2.75) is 19.1 Å². The van der Waals surface area contributed by atoms with Gasteiger partial charge in [0.15, 0.2) is 0 Å². The lowest BCUT2D eigenvalue weighted by molar-refractivity contribution is -0.140. The molecule has 0 aliphatic carbocycles. The van der Waals surface area contributed by atoms with Crippen molar-refractivity contribution in [1.29, 1.82) is 0 Å². The Morgan fingerprint density at radius 1 is 1.32 bits per heavy atom. The van der Waals surface area contributed by atoms with E-state index in [1.54, 1.807) is 6.92 Å². The van der Waals surface area contributed by atoms with Crippen LogP contribution in [0.3, 0.4) is 0 Å². The highest BCUT2D eigenvalue weighted by Crippen LogP contribution is 2.33. The summed E-state index contributed by atoms with van der Waals surface area (Å²) < 4.78 is 52.5. The zero-order chi connectivity index (χ0) is 14.2. The first-order valence-electron chi connectivity index (χ1n) is 5.45. The Bertz CT molecular complexity index is 587. The average Bonchev–Trinajstić information content (AvgIpc) is 2.77. The maximum absolute atomic E-state index is 13.2. The number of rotatable bonds is 2. The molecule has 1 heterocycles. The van der Waals surface area contributed by atoms with Crippen LogP contribution in [0.15, 0.2) is 30.7 Å². The summed E-state index contributed by atoms with van der Waals surface area (Å²) in [5.74, 6) is -1.31. The van der Waals surface area contributed by atoms with Crippen molar-refractivity contribution in [3.63, 3.8) is 0 Å². The van der Waals surface area contributed by atoms with Crippen molar-refractivity contribution in [3.8, 4) is 5.69 Å². The molecule has 0 radical (unpaired) electrons. The maximum Gasteiger partial charge on any atom is 0.419 e. The van der Waals surface area contributed by atoms with Crippen molar-refractivity contribution in [2.75, 3.05) is 0 Å². The highest BCUT2D eigenvalue weighted by atomic mass is 19.4. The molecule has 2 aromatic rings. The number of alkyl halides is 3. The molecular formula is C12H11F4N3. The largest absolute Gasteiger partial charge is 0.419 e. The number of hydrogen-bond donors (Lipinski definition) is 1. The molecule has 102 valence electrons. The van der Waals surface area contributed by atoms with Gasteiger partial charge in [0, 0.05) is 11.7 Å². The van der Waals surface area contributed by atoms with Gasteiger partial charge in [-0.1, -0.05) is 0 Å². The van der Waals surface area contributed by atoms with Crippen molar-refractivity contribution in [2.24, 2.45) is 5.73 Å². The monoisotopic (exact) mass is 273 g/mol. The van der Waals surface area contributed by atoms with Crippen molar-refractivity contribution in [3.05, 3.63) is 47.8 Å². The summed E-state index contributed by atoms with van der Waals surface area (Å²) in [6, 6.07) is 2.37. The van der Waals surface area contributed by atoms with Crippen LogP contribution in [0, 0.1) is 5.82 Å². The van der Waals surface area contributed by atoms with Crippen LogP contribution >= 0.6 is 0 Å². The van der Waals surface area contributed by atoms with Gasteiger partial charge in [-0.2, -0.15) is 13.2 Å². The molecule has 2 rings (SSSR count). The van der Waals surface area contributed by atoms with Gasteiger partial charge in [-0.25, -0.2) is 9.37 Å². The normalized spacial score (nSPS) is 13.6. The molecule has 0 aliphatic heterocycles. The Balaban J connectivity index is 2.55. The van der Waals surface area contributed by atoms with E-state index in [4.69, 9.17) is 5.73 Å². The summed E-state index contributed by atoms with van der Waals surface area (Å²) in [4.78, 5) is 3.84. The first-order chi connectivity index (χ1) is 8.80. The summed E-state index contributed by atoms with van der Waals surface area (Å²) in [5.41, 5.74) is 5.09. The minimum Gasteiger partial charge on any atom is -0.323 e. The van der Waals surface area contributed by atoms with Crippen molar-refractivity contribution < 1.29 is 17.6 Å². The van der Waals surface area contributed by atoms with E-state index < -0.39 is 23.6 Å². The van der Waals surface area contributed by atoms with Gasteiger partial charge in [-0.15, -0.1) is 0 Å². The van der Waals surface area contributed by atoms with Crippen LogP contribution in [0.1, 0.15) is 24.2 Å². The lowest BCUT2D eigenvalue weighted by Gasteiger charge is -2.13. The van der Waals surface area contributed by atoms with E-state index in [-0.39, 0.29) is 5.69 Å². The zero-order valence-electron chi connectivity index (χ0n) is 9.95. The molecule has 19 heavy (non-hydrogen) atoms. The van der Waals surface area contributed by atoms with Crippen LogP contribution < -0.4 is 5.73 Å². The quantitative estimate of drug-likeness (QED) is 0.855. The third-order valence-corrected chi connectivity index (χ3v) is 2.67. The Morgan fingerprint density at radius 3 is 2.58 bits per heavy atom. The molecule has 0 amide bonds. The SMILES string of the molecule is C[C@H](N)c1cncn1-c1ccc(F)c(C(F)(F)F)c1. The van der Waals surface area contributed by atoms with Crippen LogP contribution in [0.5, 0.6) is 0 Å². The Labute approximate surface area is 106 Å². The first-order valence-corrected chi connectivity index (χ1v) is 5.45. The van der Waals surface area contributed by atoms with Gasteiger partial charge in [-0.3, -0.25) is 0 Å². The highest BCUT2D eigenvalue weighted by Gasteiger charge is 2.34. The Kier molecular flexibility index (Phi) is 3.32. The van der Waals surface area contributed by atoms with Gasteiger partial charge in [-0.05, 0) is 25.1 Å². The maximum atomic E-state index is 13.2. The molecule has 1 aromatic carbocycles. The standard InChI is InChI=1S/C12H11F4N3/c1-7(17)11-5-18-6-19(11)8-2-3-10(13)9(4-8)12(14,15)16/h2-7H,17H2,1H3/t7-/m0/s1. The number of nitrogens with zero attached hydrogens (tertiary/aromatic N) is 2. The van der Waals surface area contributed by atoms with E-state index in [1.165, 1.54) is 23.2 Å². The van der Waals surface area contributed by atoms with E-state index in [0.717, 1.165) is 12.1 Å². The molecule has 1 atom stereocenters. The summed E-state index contributed by atoms with van der Waals surface area (Å²) in [6.07, 6.45) is -1.94. The molecule has 0 spiro atoms. The predicted octanol–water partition coefficient (Wildman–Crippen LogP) is 3.05. The van der Waals surface area contributed by atoms with Crippen molar-refractivity contribution in [1.82, 2.24) is 9.55 Å². The minimum absolute atomic E-state index is 0.165. The third kappa shape index (κ3) is 2.60. The topological polar surface area (TPSA) is 43.8 Å². The highest BCUT2D eigenvalue weighted by molar-refractivity contribution is 5.39. The first kappa shape index (κ1) is 13.5. The van der Waals surface area contributed by atoms with E-state index in [2.05, 4.69) is 4.98 Å². The number of benzene rings is 1. The number of imidazole rings is 1. The van der Waals surface area contributed by atoms with Crippen LogP contribution in [0.2, 0.25) is 0 Å². The van der Waals surface area contributed by atoms with E-state index in [9.17, 15) is 17.6 Å². The predicted molar refractivity (Wildman–Crippen MR) is 61.1 cm³/mol. The smallest absolute Gasteiger partial charge is 0.323 e. The molecule has 7 heteroatoms. The molecule has 0 unspecified atom stereocenters. The lowest BCUT2D eigenvalue weighted by atomic mass is 10.1. The second-order valence-electron chi connectivity index (χ2n) is 4.14. The van der Waals surface area contributed by atoms with Gasteiger partial charge in [0.1, 0.15) is 5.82 Å². The van der Waals surface area contributed by atoms with Gasteiger partial charge < -0.3 is 10.3 Å². The minimum atomic E-state index is -4.74. The van der Waals surface area contributed by atoms with E-state index >= 15 is 0 Å². The summed E-state index contributed by atoms with van der Waals surface area (Å²) in [7, 11) is 0. The van der Waals surface area contributed by atoms with Crippen LogP contribution in [-0.4, -0.2) is 9.55 Å². The number of halogens is 4. The molecule has 0 aliphatic rings. The number of hydrogen-bond acceptors (Lipinski definition) is 2. The van der Waals surface area contributed by atoms with Gasteiger partial charge in [0.2, 0.25) is 0 Å². The second kappa shape index (κ2) is 4.65. The van der Waals surface area contributed by atoms with Gasteiger partial charge in [0.05, 0.1) is 23.8 Å². The fraction of sp³-hybridized carbons (Fsp3) is 0.250. The third-order valence-electron chi connectivity index (χ3n) is 2.67. The van der Waals surface area contributed by atoms with E-state index in [0.29, 0.717) is 5.69 Å².